The Morgan fingerprint density at radius 1 is 1.26 bits per heavy atom. The molecule has 0 radical (unpaired) electrons. The first-order valence-corrected chi connectivity index (χ1v) is 9.12. The summed E-state index contributed by atoms with van der Waals surface area (Å²) in [6.45, 7) is 4.84. The summed E-state index contributed by atoms with van der Waals surface area (Å²) >= 11 is 0. The van der Waals surface area contributed by atoms with Gasteiger partial charge < -0.3 is 4.57 Å². The van der Waals surface area contributed by atoms with Crippen molar-refractivity contribution in [3.8, 4) is 0 Å². The zero-order chi connectivity index (χ0) is 14.0. The average Bonchev–Trinajstić information content (AvgIpc) is 2.74. The highest BCUT2D eigenvalue weighted by molar-refractivity contribution is 8.13. The highest BCUT2D eigenvalue weighted by Crippen LogP contribution is 2.35. The molecule has 0 amide bonds. The Balaban J connectivity index is 2.33. The lowest BCUT2D eigenvalue weighted by Gasteiger charge is -2.25. The number of hydrogen-bond donors (Lipinski definition) is 0. The minimum atomic E-state index is -3.82. The lowest BCUT2D eigenvalue weighted by molar-refractivity contribution is 0.331. The third-order valence-corrected chi connectivity index (χ3v) is 4.94. The zero-order valence-electron chi connectivity index (χ0n) is 11.3. The molecule has 7 heteroatoms. The van der Waals surface area contributed by atoms with Crippen molar-refractivity contribution in [3.05, 3.63) is 5.82 Å². The molecule has 1 saturated carbocycles. The first-order chi connectivity index (χ1) is 8.93. The number of rotatable bonds is 4. The van der Waals surface area contributed by atoms with Gasteiger partial charge in [-0.3, -0.25) is 0 Å². The van der Waals surface area contributed by atoms with Crippen molar-refractivity contribution in [1.82, 2.24) is 14.8 Å². The van der Waals surface area contributed by atoms with Gasteiger partial charge in [0.25, 0.3) is 14.2 Å². The van der Waals surface area contributed by atoms with E-state index in [1.807, 2.05) is 6.92 Å². The van der Waals surface area contributed by atoms with Crippen LogP contribution in [0.25, 0.3) is 0 Å². The number of halogens is 1. The van der Waals surface area contributed by atoms with Crippen LogP contribution in [0.2, 0.25) is 0 Å². The van der Waals surface area contributed by atoms with Crippen LogP contribution in [-0.4, -0.2) is 23.2 Å². The molecule has 0 saturated heterocycles. The number of nitrogens with zero attached hydrogens (tertiary/aromatic N) is 3. The molecule has 0 unspecified atom stereocenters. The first kappa shape index (κ1) is 14.8. The van der Waals surface area contributed by atoms with Crippen molar-refractivity contribution >= 4 is 19.7 Å². The maximum Gasteiger partial charge on any atom is 0.296 e. The molecule has 1 heterocycles. The highest BCUT2D eigenvalue weighted by atomic mass is 35.7. The molecule has 5 nitrogen and oxygen atoms in total. The highest BCUT2D eigenvalue weighted by Gasteiger charge is 2.28. The molecular weight excluding hydrogens is 286 g/mol. The van der Waals surface area contributed by atoms with E-state index in [2.05, 4.69) is 17.1 Å². The predicted octanol–water partition coefficient (Wildman–Crippen LogP) is 2.91. The smallest absolute Gasteiger partial charge is 0.296 e. The van der Waals surface area contributed by atoms with Gasteiger partial charge in [-0.2, -0.15) is 0 Å². The van der Waals surface area contributed by atoms with Gasteiger partial charge in [0.2, 0.25) is 0 Å². The number of aromatic nitrogens is 3. The summed E-state index contributed by atoms with van der Waals surface area (Å²) in [4.78, 5) is 0. The van der Waals surface area contributed by atoms with Crippen LogP contribution in [0.15, 0.2) is 5.16 Å². The van der Waals surface area contributed by atoms with Gasteiger partial charge in [-0.05, 0) is 25.2 Å². The van der Waals surface area contributed by atoms with Crippen molar-refractivity contribution < 1.29 is 8.42 Å². The SMILES string of the molecule is CCCn1c(C2CCC(C)CC2)nnc1S(=O)(=O)Cl. The van der Waals surface area contributed by atoms with E-state index in [-0.39, 0.29) is 5.16 Å². The van der Waals surface area contributed by atoms with Gasteiger partial charge in [0, 0.05) is 23.1 Å². The normalized spacial score (nSPS) is 24.6. The van der Waals surface area contributed by atoms with E-state index >= 15 is 0 Å². The molecule has 1 aliphatic carbocycles. The molecule has 0 spiro atoms. The van der Waals surface area contributed by atoms with Gasteiger partial charge in [-0.25, -0.2) is 8.42 Å². The Morgan fingerprint density at radius 3 is 2.42 bits per heavy atom. The van der Waals surface area contributed by atoms with Gasteiger partial charge in [-0.1, -0.05) is 26.7 Å². The molecule has 2 rings (SSSR count). The zero-order valence-corrected chi connectivity index (χ0v) is 12.9. The van der Waals surface area contributed by atoms with Crippen LogP contribution < -0.4 is 0 Å². The standard InChI is InChI=1S/C12H20ClN3O2S/c1-3-8-16-11(10-6-4-9(2)5-7-10)14-15-12(16)19(13,17)18/h9-10H,3-8H2,1-2H3. The van der Waals surface area contributed by atoms with Gasteiger partial charge >= 0.3 is 0 Å². The molecule has 0 aromatic carbocycles. The average molecular weight is 306 g/mol. The Hall–Kier alpha value is -0.620. The predicted molar refractivity (Wildman–Crippen MR) is 73.7 cm³/mol. The summed E-state index contributed by atoms with van der Waals surface area (Å²) in [5.41, 5.74) is 0. The first-order valence-electron chi connectivity index (χ1n) is 6.81. The summed E-state index contributed by atoms with van der Waals surface area (Å²) in [5.74, 6) is 1.84. The Morgan fingerprint density at radius 2 is 1.89 bits per heavy atom. The van der Waals surface area contributed by atoms with E-state index in [1.165, 1.54) is 0 Å². The fraction of sp³-hybridized carbons (Fsp3) is 0.833. The summed E-state index contributed by atoms with van der Waals surface area (Å²) in [7, 11) is 1.60. The maximum absolute atomic E-state index is 11.5. The fourth-order valence-electron chi connectivity index (χ4n) is 2.73. The second-order valence-electron chi connectivity index (χ2n) is 5.39. The van der Waals surface area contributed by atoms with Crippen LogP contribution in [0.4, 0.5) is 0 Å². The van der Waals surface area contributed by atoms with Gasteiger partial charge in [0.15, 0.2) is 0 Å². The quantitative estimate of drug-likeness (QED) is 0.802. The topological polar surface area (TPSA) is 64.8 Å². The van der Waals surface area contributed by atoms with E-state index in [0.29, 0.717) is 12.5 Å². The second kappa shape index (κ2) is 5.79. The van der Waals surface area contributed by atoms with Gasteiger partial charge in [0.1, 0.15) is 5.82 Å². The van der Waals surface area contributed by atoms with Crippen molar-refractivity contribution in [3.63, 3.8) is 0 Å². The molecule has 1 aromatic rings. The Labute approximate surface area is 118 Å². The van der Waals surface area contributed by atoms with Crippen LogP contribution in [0.1, 0.15) is 57.7 Å². The van der Waals surface area contributed by atoms with Crippen LogP contribution >= 0.6 is 10.7 Å². The molecule has 0 aliphatic heterocycles. The van der Waals surface area contributed by atoms with E-state index in [1.54, 1.807) is 4.57 Å². The van der Waals surface area contributed by atoms with Crippen LogP contribution in [-0.2, 0) is 15.6 Å². The molecule has 0 N–H and O–H groups in total. The number of hydrogen-bond acceptors (Lipinski definition) is 4. The minimum Gasteiger partial charge on any atom is -0.301 e. The molecule has 19 heavy (non-hydrogen) atoms. The molecule has 0 bridgehead atoms. The van der Waals surface area contributed by atoms with Crippen molar-refractivity contribution in [2.75, 3.05) is 0 Å². The summed E-state index contributed by atoms with van der Waals surface area (Å²) in [6.07, 6.45) is 5.24. The Kier molecular flexibility index (Phi) is 4.50. The van der Waals surface area contributed by atoms with Crippen LogP contribution in [0, 0.1) is 5.92 Å². The molecule has 1 aliphatic rings. The molecule has 0 atom stereocenters. The Bertz CT molecular complexity index is 533. The van der Waals surface area contributed by atoms with Crippen molar-refractivity contribution in [1.29, 1.82) is 0 Å². The van der Waals surface area contributed by atoms with E-state index < -0.39 is 9.05 Å². The van der Waals surface area contributed by atoms with Crippen LogP contribution in [0.3, 0.4) is 0 Å². The largest absolute Gasteiger partial charge is 0.301 e. The summed E-state index contributed by atoms with van der Waals surface area (Å²) < 4.78 is 24.7. The van der Waals surface area contributed by atoms with Gasteiger partial charge in [0.05, 0.1) is 0 Å². The summed E-state index contributed by atoms with van der Waals surface area (Å²) in [6, 6.07) is 0. The maximum atomic E-state index is 11.5. The summed E-state index contributed by atoms with van der Waals surface area (Å²) in [5, 5.41) is 7.79. The molecule has 1 aromatic heterocycles. The monoisotopic (exact) mass is 305 g/mol. The minimum absolute atomic E-state index is 0.107. The second-order valence-corrected chi connectivity index (χ2v) is 7.85. The van der Waals surface area contributed by atoms with E-state index in [9.17, 15) is 8.42 Å². The van der Waals surface area contributed by atoms with E-state index in [0.717, 1.165) is 43.8 Å². The lowest BCUT2D eigenvalue weighted by atomic mass is 9.82. The van der Waals surface area contributed by atoms with Crippen molar-refractivity contribution in [2.45, 2.75) is 63.6 Å². The molecule has 1 fully saturated rings. The third-order valence-electron chi connectivity index (χ3n) is 3.79. The van der Waals surface area contributed by atoms with E-state index in [4.69, 9.17) is 10.7 Å². The molecular formula is C12H20ClN3O2S. The van der Waals surface area contributed by atoms with Crippen LogP contribution in [0.5, 0.6) is 0 Å². The molecule has 108 valence electrons. The third kappa shape index (κ3) is 3.28. The van der Waals surface area contributed by atoms with Gasteiger partial charge in [-0.15, -0.1) is 10.2 Å². The van der Waals surface area contributed by atoms with Crippen molar-refractivity contribution in [2.24, 2.45) is 5.92 Å². The fourth-order valence-corrected chi connectivity index (χ4v) is 3.66. The lowest BCUT2D eigenvalue weighted by Crippen LogP contribution is -2.17.